The van der Waals surface area contributed by atoms with Crippen LogP contribution in [0.25, 0.3) is 22.2 Å². The summed E-state index contributed by atoms with van der Waals surface area (Å²) in [5.41, 5.74) is 1.37. The highest BCUT2D eigenvalue weighted by molar-refractivity contribution is 6.44. The van der Waals surface area contributed by atoms with E-state index in [9.17, 15) is 20.0 Å². The van der Waals surface area contributed by atoms with Gasteiger partial charge in [-0.05, 0) is 39.2 Å². The molecular formula is C20H21N5O4. The first-order valence-electron chi connectivity index (χ1n) is 8.93. The van der Waals surface area contributed by atoms with Crippen LogP contribution in [0.5, 0.6) is 5.88 Å². The number of H-pyrrole nitrogens is 1. The van der Waals surface area contributed by atoms with Gasteiger partial charge in [0.1, 0.15) is 0 Å². The van der Waals surface area contributed by atoms with E-state index in [1.165, 1.54) is 30.5 Å². The Hall–Kier alpha value is -3.59. The number of hydrogen-bond acceptors (Lipinski definition) is 7. The fourth-order valence-electron chi connectivity index (χ4n) is 2.96. The first kappa shape index (κ1) is 20.2. The second kappa shape index (κ2) is 7.80. The van der Waals surface area contributed by atoms with E-state index in [4.69, 9.17) is 5.41 Å². The summed E-state index contributed by atoms with van der Waals surface area (Å²) < 4.78 is 0. The van der Waals surface area contributed by atoms with Crippen LogP contribution in [-0.2, 0) is 0 Å². The number of ketones is 1. The Morgan fingerprint density at radius 2 is 2.07 bits per heavy atom. The van der Waals surface area contributed by atoms with E-state index in [1.54, 1.807) is 6.07 Å². The molecule has 2 aromatic heterocycles. The van der Waals surface area contributed by atoms with E-state index in [2.05, 4.69) is 9.97 Å². The molecule has 3 rings (SSSR count). The number of rotatable bonds is 7. The molecule has 0 aliphatic carbocycles. The molecule has 0 aliphatic heterocycles. The lowest BCUT2D eigenvalue weighted by Crippen LogP contribution is -2.29. The molecule has 9 heteroatoms. The van der Waals surface area contributed by atoms with Crippen LogP contribution < -0.4 is 0 Å². The smallest absolute Gasteiger partial charge is 0.270 e. The predicted molar refractivity (Wildman–Crippen MR) is 110 cm³/mol. The lowest BCUT2D eigenvalue weighted by molar-refractivity contribution is -0.384. The van der Waals surface area contributed by atoms with Crippen LogP contribution >= 0.6 is 0 Å². The summed E-state index contributed by atoms with van der Waals surface area (Å²) in [4.78, 5) is 32.0. The maximum atomic E-state index is 12.5. The van der Waals surface area contributed by atoms with Gasteiger partial charge >= 0.3 is 0 Å². The largest absolute Gasteiger partial charge is 0.494 e. The summed E-state index contributed by atoms with van der Waals surface area (Å²) in [6.07, 6.45) is 1.67. The normalized spacial score (nSPS) is 12.3. The Kier molecular flexibility index (Phi) is 5.42. The highest BCUT2D eigenvalue weighted by Gasteiger charge is 2.20. The molecule has 3 N–H and O–H groups in total. The number of nitrogens with one attached hydrogen (secondary N) is 2. The predicted octanol–water partition coefficient (Wildman–Crippen LogP) is 3.39. The number of carbonyl (C=O) groups excluding carboxylic acids is 1. The van der Waals surface area contributed by atoms with Gasteiger partial charge in [-0.25, -0.2) is 0 Å². The first-order valence-corrected chi connectivity index (χ1v) is 8.93. The van der Waals surface area contributed by atoms with Crippen LogP contribution in [-0.4, -0.2) is 56.5 Å². The number of aromatic amines is 1. The maximum absolute atomic E-state index is 12.5. The molecule has 1 aromatic carbocycles. The summed E-state index contributed by atoms with van der Waals surface area (Å²) >= 11 is 0. The minimum absolute atomic E-state index is 0.00804. The Labute approximate surface area is 166 Å². The first-order chi connectivity index (χ1) is 13.7. The van der Waals surface area contributed by atoms with Crippen molar-refractivity contribution in [2.24, 2.45) is 0 Å². The number of nitrogens with zero attached hydrogens (tertiary/aromatic N) is 3. The molecule has 1 unspecified atom stereocenters. The number of nitro groups is 1. The van der Waals surface area contributed by atoms with Gasteiger partial charge in [-0.3, -0.25) is 19.9 Å². The van der Waals surface area contributed by atoms with Gasteiger partial charge < -0.3 is 20.4 Å². The molecule has 0 radical (unpaired) electrons. The molecule has 0 bridgehead atoms. The number of benzene rings is 1. The minimum atomic E-state index is -0.511. The van der Waals surface area contributed by atoms with E-state index in [-0.39, 0.29) is 28.9 Å². The number of pyridine rings is 1. The van der Waals surface area contributed by atoms with Crippen molar-refractivity contribution in [3.8, 4) is 17.1 Å². The molecule has 2 heterocycles. The molecular weight excluding hydrogens is 374 g/mol. The number of fused-ring (bicyclic) bond motifs is 1. The number of carbonyl (C=O) groups is 1. The summed E-state index contributed by atoms with van der Waals surface area (Å²) in [5, 5.41) is 29.8. The molecule has 0 spiro atoms. The quantitative estimate of drug-likeness (QED) is 0.243. The third-order valence-corrected chi connectivity index (χ3v) is 4.91. The Balaban J connectivity index is 1.91. The summed E-state index contributed by atoms with van der Waals surface area (Å²) in [7, 11) is 3.77. The van der Waals surface area contributed by atoms with E-state index in [0.29, 0.717) is 28.6 Å². The number of aromatic nitrogens is 2. The average molecular weight is 395 g/mol. The molecule has 3 aromatic rings. The zero-order valence-electron chi connectivity index (χ0n) is 16.3. The van der Waals surface area contributed by atoms with Gasteiger partial charge in [0.25, 0.3) is 5.69 Å². The van der Waals surface area contributed by atoms with E-state index in [0.717, 1.165) is 0 Å². The SMILES string of the molecule is CC(CC(=N)C(=O)c1ccc(-c2c(O)[nH]c3ccc([N+](=O)[O-])cc23)nc1)N(C)C. The molecule has 150 valence electrons. The monoisotopic (exact) mass is 395 g/mol. The minimum Gasteiger partial charge on any atom is -0.494 e. The maximum Gasteiger partial charge on any atom is 0.270 e. The third-order valence-electron chi connectivity index (χ3n) is 4.91. The fourth-order valence-corrected chi connectivity index (χ4v) is 2.96. The van der Waals surface area contributed by atoms with E-state index in [1.807, 2.05) is 25.9 Å². The van der Waals surface area contributed by atoms with Crippen LogP contribution in [0.15, 0.2) is 36.5 Å². The van der Waals surface area contributed by atoms with Gasteiger partial charge in [0.05, 0.1) is 21.9 Å². The van der Waals surface area contributed by atoms with Gasteiger partial charge in [-0.15, -0.1) is 0 Å². The fraction of sp³-hybridized carbons (Fsp3) is 0.250. The van der Waals surface area contributed by atoms with Crippen molar-refractivity contribution in [1.82, 2.24) is 14.9 Å². The molecule has 0 amide bonds. The Morgan fingerprint density at radius 1 is 1.34 bits per heavy atom. The zero-order chi connectivity index (χ0) is 21.3. The van der Waals surface area contributed by atoms with Gasteiger partial charge in [0, 0.05) is 47.3 Å². The average Bonchev–Trinajstić information content (AvgIpc) is 3.02. The highest BCUT2D eigenvalue weighted by atomic mass is 16.6. The van der Waals surface area contributed by atoms with Crippen molar-refractivity contribution in [2.75, 3.05) is 14.1 Å². The van der Waals surface area contributed by atoms with E-state index >= 15 is 0 Å². The van der Waals surface area contributed by atoms with Gasteiger partial charge in [-0.1, -0.05) is 0 Å². The molecule has 0 aliphatic rings. The number of non-ortho nitro benzene ring substituents is 1. The van der Waals surface area contributed by atoms with Gasteiger partial charge in [0.15, 0.2) is 5.88 Å². The molecule has 9 nitrogen and oxygen atoms in total. The lowest BCUT2D eigenvalue weighted by Gasteiger charge is -2.19. The Bertz CT molecular complexity index is 1100. The molecule has 0 fully saturated rings. The van der Waals surface area contributed by atoms with Crippen molar-refractivity contribution in [2.45, 2.75) is 19.4 Å². The second-order valence-corrected chi connectivity index (χ2v) is 7.09. The molecule has 0 saturated carbocycles. The van der Waals surface area contributed by atoms with Crippen molar-refractivity contribution < 1.29 is 14.8 Å². The highest BCUT2D eigenvalue weighted by Crippen LogP contribution is 2.37. The number of aromatic hydroxyl groups is 1. The van der Waals surface area contributed by atoms with Crippen LogP contribution in [0, 0.1) is 15.5 Å². The number of Topliss-reactive ketones (excluding diaryl/α,β-unsaturated/α-hetero) is 1. The zero-order valence-corrected chi connectivity index (χ0v) is 16.3. The van der Waals surface area contributed by atoms with Crippen molar-refractivity contribution in [3.05, 3.63) is 52.2 Å². The van der Waals surface area contributed by atoms with Gasteiger partial charge in [0.2, 0.25) is 5.78 Å². The van der Waals surface area contributed by atoms with Crippen molar-refractivity contribution >= 4 is 28.1 Å². The topological polar surface area (TPSA) is 136 Å². The standard InChI is InChI=1S/C20H21N5O4/c1-11(24(2)3)8-15(21)19(26)12-4-6-17(22-10-12)18-14-9-13(25(28)29)5-7-16(14)23-20(18)27/h4-7,9-11,21,23,27H,8H2,1-3H3. The summed E-state index contributed by atoms with van der Waals surface area (Å²) in [6.45, 7) is 1.93. The molecule has 0 saturated heterocycles. The molecule has 1 atom stereocenters. The van der Waals surface area contributed by atoms with Crippen LogP contribution in [0.2, 0.25) is 0 Å². The van der Waals surface area contributed by atoms with E-state index < -0.39 is 10.7 Å². The lowest BCUT2D eigenvalue weighted by atomic mass is 10.0. The van der Waals surface area contributed by atoms with Crippen LogP contribution in [0.4, 0.5) is 5.69 Å². The molecule has 29 heavy (non-hydrogen) atoms. The summed E-state index contributed by atoms with van der Waals surface area (Å²) in [5.74, 6) is -0.573. The summed E-state index contributed by atoms with van der Waals surface area (Å²) in [6, 6.07) is 7.36. The van der Waals surface area contributed by atoms with Gasteiger partial charge in [-0.2, -0.15) is 0 Å². The van der Waals surface area contributed by atoms with Crippen LogP contribution in [0.3, 0.4) is 0 Å². The van der Waals surface area contributed by atoms with Crippen molar-refractivity contribution in [1.29, 1.82) is 5.41 Å². The number of hydrogen-bond donors (Lipinski definition) is 3. The third kappa shape index (κ3) is 3.99. The second-order valence-electron chi connectivity index (χ2n) is 7.09. The Morgan fingerprint density at radius 3 is 2.66 bits per heavy atom. The van der Waals surface area contributed by atoms with Crippen LogP contribution in [0.1, 0.15) is 23.7 Å². The van der Waals surface area contributed by atoms with Crippen molar-refractivity contribution in [3.63, 3.8) is 0 Å². The number of nitro benzene ring substituents is 1.